The average molecular weight is 540 g/mol. The van der Waals surface area contributed by atoms with Gasteiger partial charge in [0.25, 0.3) is 0 Å². The number of nitrogens with one attached hydrogen (secondary N) is 1. The molecule has 0 saturated carbocycles. The Hall–Kier alpha value is -2.27. The van der Waals surface area contributed by atoms with E-state index in [-0.39, 0.29) is 24.0 Å². The molecule has 2 aromatic rings. The fraction of sp³-hybridized carbons (Fsp3) is 0.455. The van der Waals surface area contributed by atoms with E-state index in [4.69, 9.17) is 15.2 Å². The summed E-state index contributed by atoms with van der Waals surface area (Å²) in [6.07, 6.45) is 1.83. The molecule has 1 aromatic heterocycles. The maximum absolute atomic E-state index is 6.15. The minimum absolute atomic E-state index is 0. The van der Waals surface area contributed by atoms with Crippen LogP contribution in [-0.4, -0.2) is 62.3 Å². The summed E-state index contributed by atoms with van der Waals surface area (Å²) < 4.78 is 11.3. The van der Waals surface area contributed by atoms with Crippen molar-refractivity contribution in [3.05, 3.63) is 42.1 Å². The van der Waals surface area contributed by atoms with Crippen LogP contribution >= 0.6 is 24.0 Å². The number of guanidine groups is 1. The van der Waals surface area contributed by atoms with Crippen LogP contribution in [-0.2, 0) is 6.54 Å². The molecule has 0 bridgehead atoms. The Morgan fingerprint density at radius 2 is 1.84 bits per heavy atom. The highest BCUT2D eigenvalue weighted by atomic mass is 127. The number of hydrogen-bond donors (Lipinski definition) is 2. The predicted octanol–water partition coefficient (Wildman–Crippen LogP) is 3.18. The largest absolute Gasteiger partial charge is 0.494 e. The summed E-state index contributed by atoms with van der Waals surface area (Å²) in [7, 11) is 2.15. The summed E-state index contributed by atoms with van der Waals surface area (Å²) in [6, 6.07) is 9.68. The molecule has 0 radical (unpaired) electrons. The van der Waals surface area contributed by atoms with Gasteiger partial charge >= 0.3 is 0 Å². The van der Waals surface area contributed by atoms with Crippen molar-refractivity contribution in [2.24, 2.45) is 10.7 Å². The first-order chi connectivity index (χ1) is 14.6. The Bertz CT molecular complexity index is 856. The van der Waals surface area contributed by atoms with Crippen molar-refractivity contribution in [2.45, 2.75) is 20.4 Å². The number of aliphatic imine (C=N–C) groups is 1. The van der Waals surface area contributed by atoms with Crippen molar-refractivity contribution in [1.82, 2.24) is 9.88 Å². The molecule has 1 aromatic carbocycles. The zero-order valence-corrected chi connectivity index (χ0v) is 20.8. The molecule has 9 heteroatoms. The lowest BCUT2D eigenvalue weighted by atomic mass is 10.2. The molecule has 1 aliphatic rings. The van der Waals surface area contributed by atoms with Gasteiger partial charge in [-0.3, -0.25) is 0 Å². The van der Waals surface area contributed by atoms with Crippen molar-refractivity contribution in [1.29, 1.82) is 0 Å². The summed E-state index contributed by atoms with van der Waals surface area (Å²) in [5, 5.41) is 3.14. The molecular weight excluding hydrogens is 507 g/mol. The number of nitrogens with two attached hydrogens (primary N) is 1. The second-order valence-corrected chi connectivity index (χ2v) is 7.16. The Morgan fingerprint density at radius 1 is 1.10 bits per heavy atom. The molecule has 0 spiro atoms. The number of rotatable bonds is 8. The number of halogens is 1. The number of nitrogens with zero attached hydrogens (tertiary/aromatic N) is 4. The molecule has 3 rings (SSSR count). The molecule has 1 fully saturated rings. The van der Waals surface area contributed by atoms with Crippen LogP contribution in [0.5, 0.6) is 11.5 Å². The highest BCUT2D eigenvalue weighted by Crippen LogP contribution is 2.29. The first-order valence-corrected chi connectivity index (χ1v) is 10.4. The number of aromatic nitrogens is 1. The van der Waals surface area contributed by atoms with E-state index in [1.807, 2.05) is 44.3 Å². The van der Waals surface area contributed by atoms with Crippen LogP contribution in [0, 0.1) is 0 Å². The fourth-order valence-electron chi connectivity index (χ4n) is 3.27. The zero-order chi connectivity index (χ0) is 21.3. The molecule has 3 N–H and O–H groups in total. The summed E-state index contributed by atoms with van der Waals surface area (Å²) in [6.45, 7) is 9.57. The Kier molecular flexibility index (Phi) is 10.1. The lowest BCUT2D eigenvalue weighted by Gasteiger charge is -2.33. The van der Waals surface area contributed by atoms with Gasteiger partial charge in [0, 0.05) is 38.4 Å². The van der Waals surface area contributed by atoms with E-state index in [1.54, 1.807) is 0 Å². The molecule has 2 heterocycles. The number of piperazine rings is 1. The van der Waals surface area contributed by atoms with Gasteiger partial charge in [0.2, 0.25) is 0 Å². The molecular formula is C22H33IN6O2. The highest BCUT2D eigenvalue weighted by molar-refractivity contribution is 14.0. The molecule has 0 atom stereocenters. The maximum Gasteiger partial charge on any atom is 0.193 e. The van der Waals surface area contributed by atoms with E-state index in [1.165, 1.54) is 0 Å². The van der Waals surface area contributed by atoms with Gasteiger partial charge in [-0.05, 0) is 50.7 Å². The second kappa shape index (κ2) is 12.6. The molecule has 0 aliphatic carbocycles. The monoisotopic (exact) mass is 540 g/mol. The van der Waals surface area contributed by atoms with Gasteiger partial charge in [0.1, 0.15) is 17.3 Å². The van der Waals surface area contributed by atoms with Crippen LogP contribution < -0.4 is 25.4 Å². The lowest BCUT2D eigenvalue weighted by molar-refractivity contribution is 0.312. The number of likely N-dealkylation sites (N-methyl/N-ethyl adjacent to an activating group) is 1. The van der Waals surface area contributed by atoms with E-state index in [2.05, 4.69) is 38.2 Å². The third-order valence-electron chi connectivity index (χ3n) is 4.89. The molecule has 1 saturated heterocycles. The minimum Gasteiger partial charge on any atom is -0.494 e. The van der Waals surface area contributed by atoms with Crippen LogP contribution in [0.25, 0.3) is 0 Å². The van der Waals surface area contributed by atoms with E-state index < -0.39 is 0 Å². The van der Waals surface area contributed by atoms with Crippen LogP contribution in [0.4, 0.5) is 11.5 Å². The normalized spacial score (nSPS) is 14.7. The van der Waals surface area contributed by atoms with Gasteiger partial charge in [-0.15, -0.1) is 24.0 Å². The van der Waals surface area contributed by atoms with Gasteiger partial charge in [0.05, 0.1) is 25.4 Å². The minimum atomic E-state index is 0. The van der Waals surface area contributed by atoms with Crippen molar-refractivity contribution >= 4 is 41.4 Å². The van der Waals surface area contributed by atoms with Crippen LogP contribution in [0.3, 0.4) is 0 Å². The quantitative estimate of drug-likeness (QED) is 0.302. The summed E-state index contributed by atoms with van der Waals surface area (Å²) in [5.41, 5.74) is 7.95. The topological polar surface area (TPSA) is 88.2 Å². The van der Waals surface area contributed by atoms with E-state index in [0.717, 1.165) is 49.0 Å². The Morgan fingerprint density at radius 3 is 2.55 bits per heavy atom. The standard InChI is InChI=1S/C22H32N6O2.HI/c1-4-29-18-6-7-20(30-5-2)19(15-18)26-22(23)25-16-17-8-9-24-21(14-17)28-12-10-27(3)11-13-28;/h6-9,14-15H,4-5,10-13,16H2,1-3H3,(H3,23,25,26);1H. The Balaban J connectivity index is 0.00000341. The van der Waals surface area contributed by atoms with E-state index in [0.29, 0.717) is 31.5 Å². The average Bonchev–Trinajstić information content (AvgIpc) is 2.75. The van der Waals surface area contributed by atoms with E-state index >= 15 is 0 Å². The zero-order valence-electron chi connectivity index (χ0n) is 18.5. The van der Waals surface area contributed by atoms with Crippen LogP contribution in [0.15, 0.2) is 41.5 Å². The number of anilines is 2. The fourth-order valence-corrected chi connectivity index (χ4v) is 3.27. The summed E-state index contributed by atoms with van der Waals surface area (Å²) in [4.78, 5) is 13.7. The van der Waals surface area contributed by atoms with Crippen molar-refractivity contribution < 1.29 is 9.47 Å². The third-order valence-corrected chi connectivity index (χ3v) is 4.89. The van der Waals surface area contributed by atoms with Gasteiger partial charge in [0.15, 0.2) is 5.96 Å². The van der Waals surface area contributed by atoms with E-state index in [9.17, 15) is 0 Å². The highest BCUT2D eigenvalue weighted by Gasteiger charge is 2.15. The van der Waals surface area contributed by atoms with Gasteiger partial charge in [-0.2, -0.15) is 0 Å². The smallest absolute Gasteiger partial charge is 0.193 e. The maximum atomic E-state index is 6.15. The number of hydrogen-bond acceptors (Lipinski definition) is 6. The predicted molar refractivity (Wildman–Crippen MR) is 137 cm³/mol. The van der Waals surface area contributed by atoms with Crippen LogP contribution in [0.1, 0.15) is 19.4 Å². The Labute approximate surface area is 201 Å². The third kappa shape index (κ3) is 7.42. The van der Waals surface area contributed by atoms with Crippen LogP contribution in [0.2, 0.25) is 0 Å². The summed E-state index contributed by atoms with van der Waals surface area (Å²) in [5.74, 6) is 2.77. The molecule has 0 amide bonds. The molecule has 1 aliphatic heterocycles. The molecule has 31 heavy (non-hydrogen) atoms. The van der Waals surface area contributed by atoms with Gasteiger partial charge in [-0.25, -0.2) is 9.98 Å². The van der Waals surface area contributed by atoms with Crippen molar-refractivity contribution in [3.8, 4) is 11.5 Å². The first kappa shape index (κ1) is 25.0. The lowest BCUT2D eigenvalue weighted by Crippen LogP contribution is -2.44. The first-order valence-electron chi connectivity index (χ1n) is 10.4. The van der Waals surface area contributed by atoms with Crippen molar-refractivity contribution in [3.63, 3.8) is 0 Å². The molecule has 8 nitrogen and oxygen atoms in total. The van der Waals surface area contributed by atoms with Gasteiger partial charge < -0.3 is 30.3 Å². The van der Waals surface area contributed by atoms with Gasteiger partial charge in [-0.1, -0.05) is 0 Å². The molecule has 0 unspecified atom stereocenters. The summed E-state index contributed by atoms with van der Waals surface area (Å²) >= 11 is 0. The second-order valence-electron chi connectivity index (χ2n) is 7.16. The SMILES string of the molecule is CCOc1ccc(OCC)c(NC(N)=NCc2ccnc(N3CCN(C)CC3)c2)c1.I. The number of pyridine rings is 1. The van der Waals surface area contributed by atoms with Crippen molar-refractivity contribution in [2.75, 3.05) is 56.7 Å². The number of ether oxygens (including phenoxy) is 2. The molecule has 170 valence electrons. The number of benzene rings is 1.